The molecular formula is C12H22N2. The minimum Gasteiger partial charge on any atom is -0.326 e. The molecule has 2 aliphatic carbocycles. The van der Waals surface area contributed by atoms with E-state index in [0.29, 0.717) is 11.6 Å². The lowest BCUT2D eigenvalue weighted by molar-refractivity contribution is 0.0688. The number of hydrogen-bond acceptors (Lipinski definition) is 2. The molecule has 3 fully saturated rings. The van der Waals surface area contributed by atoms with Crippen molar-refractivity contribution in [3.63, 3.8) is 0 Å². The van der Waals surface area contributed by atoms with E-state index in [1.54, 1.807) is 0 Å². The summed E-state index contributed by atoms with van der Waals surface area (Å²) in [7, 11) is 0. The van der Waals surface area contributed by atoms with Gasteiger partial charge in [-0.2, -0.15) is 0 Å². The molecule has 0 radical (unpaired) electrons. The molecule has 14 heavy (non-hydrogen) atoms. The van der Waals surface area contributed by atoms with Crippen LogP contribution in [0.25, 0.3) is 0 Å². The Bertz CT molecular complexity index is 236. The molecule has 1 saturated heterocycles. The van der Waals surface area contributed by atoms with Gasteiger partial charge in [-0.15, -0.1) is 0 Å². The van der Waals surface area contributed by atoms with Gasteiger partial charge in [-0.05, 0) is 44.1 Å². The van der Waals surface area contributed by atoms with Gasteiger partial charge in [-0.1, -0.05) is 13.3 Å². The third-order valence-corrected chi connectivity index (χ3v) is 5.19. The maximum atomic E-state index is 6.39. The zero-order valence-electron chi connectivity index (χ0n) is 9.21. The van der Waals surface area contributed by atoms with Crippen LogP contribution in [0.1, 0.15) is 39.0 Å². The van der Waals surface area contributed by atoms with Crippen molar-refractivity contribution in [2.45, 2.75) is 50.6 Å². The molecule has 2 N–H and O–H groups in total. The van der Waals surface area contributed by atoms with Crippen LogP contribution < -0.4 is 5.73 Å². The van der Waals surface area contributed by atoms with Gasteiger partial charge in [-0.25, -0.2) is 0 Å². The predicted molar refractivity (Wildman–Crippen MR) is 58.0 cm³/mol. The van der Waals surface area contributed by atoms with Gasteiger partial charge in [0.2, 0.25) is 0 Å². The SMILES string of the molecule is CCN1CCC(N)C12CC1CCC2C1. The van der Waals surface area contributed by atoms with Gasteiger partial charge in [0, 0.05) is 18.1 Å². The lowest BCUT2D eigenvalue weighted by atomic mass is 9.76. The van der Waals surface area contributed by atoms with Gasteiger partial charge < -0.3 is 5.73 Å². The molecule has 1 aliphatic heterocycles. The lowest BCUT2D eigenvalue weighted by Crippen LogP contribution is -2.57. The van der Waals surface area contributed by atoms with Gasteiger partial charge in [0.05, 0.1) is 0 Å². The minimum atomic E-state index is 0.442. The smallest absolute Gasteiger partial charge is 0.0391 e. The monoisotopic (exact) mass is 194 g/mol. The topological polar surface area (TPSA) is 29.3 Å². The first-order valence-corrected chi connectivity index (χ1v) is 6.28. The second-order valence-corrected chi connectivity index (χ2v) is 5.55. The van der Waals surface area contributed by atoms with Crippen molar-refractivity contribution in [1.82, 2.24) is 4.90 Å². The van der Waals surface area contributed by atoms with Crippen LogP contribution in [0.4, 0.5) is 0 Å². The third kappa shape index (κ3) is 0.938. The molecule has 0 aromatic rings. The van der Waals surface area contributed by atoms with Gasteiger partial charge in [0.1, 0.15) is 0 Å². The van der Waals surface area contributed by atoms with Crippen LogP contribution in [0.3, 0.4) is 0 Å². The first-order valence-electron chi connectivity index (χ1n) is 6.28. The maximum absolute atomic E-state index is 6.39. The fourth-order valence-corrected chi connectivity index (χ4v) is 4.62. The standard InChI is InChI=1S/C12H22N2/c1-2-14-6-5-11(13)12(14)8-9-3-4-10(12)7-9/h9-11H,2-8,13H2,1H3. The number of nitrogens with two attached hydrogens (primary N) is 1. The Morgan fingerprint density at radius 1 is 1.36 bits per heavy atom. The number of fused-ring (bicyclic) bond motifs is 3. The van der Waals surface area contributed by atoms with Crippen LogP contribution in [0.15, 0.2) is 0 Å². The Kier molecular flexibility index (Phi) is 1.94. The summed E-state index contributed by atoms with van der Waals surface area (Å²) in [4.78, 5) is 2.70. The molecule has 2 bridgehead atoms. The number of likely N-dealkylation sites (tertiary alicyclic amines) is 1. The summed E-state index contributed by atoms with van der Waals surface area (Å²) in [6.45, 7) is 4.75. The van der Waals surface area contributed by atoms with E-state index in [1.807, 2.05) is 0 Å². The van der Waals surface area contributed by atoms with E-state index in [0.717, 1.165) is 11.8 Å². The first kappa shape index (κ1) is 9.17. The molecule has 1 spiro atoms. The second kappa shape index (κ2) is 2.96. The Morgan fingerprint density at radius 2 is 2.21 bits per heavy atom. The fraction of sp³-hybridized carbons (Fsp3) is 1.00. The third-order valence-electron chi connectivity index (χ3n) is 5.19. The first-order chi connectivity index (χ1) is 6.77. The largest absolute Gasteiger partial charge is 0.326 e. The van der Waals surface area contributed by atoms with Crippen LogP contribution in [-0.2, 0) is 0 Å². The van der Waals surface area contributed by atoms with Crippen molar-refractivity contribution < 1.29 is 0 Å². The van der Waals surface area contributed by atoms with Crippen LogP contribution in [-0.4, -0.2) is 29.6 Å². The van der Waals surface area contributed by atoms with Crippen molar-refractivity contribution in [2.24, 2.45) is 17.6 Å². The van der Waals surface area contributed by atoms with E-state index in [2.05, 4.69) is 11.8 Å². The number of likely N-dealkylation sites (N-methyl/N-ethyl adjacent to an activating group) is 1. The summed E-state index contributed by atoms with van der Waals surface area (Å²) < 4.78 is 0. The van der Waals surface area contributed by atoms with Crippen molar-refractivity contribution in [2.75, 3.05) is 13.1 Å². The lowest BCUT2D eigenvalue weighted by Gasteiger charge is -2.44. The molecule has 4 unspecified atom stereocenters. The molecular weight excluding hydrogens is 172 g/mol. The Labute approximate surface area is 86.8 Å². The van der Waals surface area contributed by atoms with E-state index in [9.17, 15) is 0 Å². The van der Waals surface area contributed by atoms with E-state index >= 15 is 0 Å². The van der Waals surface area contributed by atoms with Crippen molar-refractivity contribution in [3.8, 4) is 0 Å². The van der Waals surface area contributed by atoms with E-state index in [4.69, 9.17) is 5.73 Å². The molecule has 0 amide bonds. The van der Waals surface area contributed by atoms with Gasteiger partial charge >= 0.3 is 0 Å². The molecule has 2 nitrogen and oxygen atoms in total. The number of nitrogens with zero attached hydrogens (tertiary/aromatic N) is 1. The highest BCUT2D eigenvalue weighted by Crippen LogP contribution is 2.56. The normalized spacial score (nSPS) is 52.3. The van der Waals surface area contributed by atoms with Crippen molar-refractivity contribution in [1.29, 1.82) is 0 Å². The van der Waals surface area contributed by atoms with Gasteiger partial charge in [0.15, 0.2) is 0 Å². The highest BCUT2D eigenvalue weighted by molar-refractivity contribution is 5.15. The average Bonchev–Trinajstić information content (AvgIpc) is 2.84. The van der Waals surface area contributed by atoms with Crippen molar-refractivity contribution >= 4 is 0 Å². The molecule has 3 aliphatic rings. The summed E-state index contributed by atoms with van der Waals surface area (Å²) in [5.41, 5.74) is 6.83. The molecule has 0 aromatic heterocycles. The summed E-state index contributed by atoms with van der Waals surface area (Å²) >= 11 is 0. The van der Waals surface area contributed by atoms with E-state index in [1.165, 1.54) is 45.2 Å². The number of hydrogen-bond donors (Lipinski definition) is 1. The molecule has 4 atom stereocenters. The van der Waals surface area contributed by atoms with Crippen LogP contribution in [0, 0.1) is 11.8 Å². The van der Waals surface area contributed by atoms with Crippen molar-refractivity contribution in [3.05, 3.63) is 0 Å². The summed E-state index contributed by atoms with van der Waals surface area (Å²) in [5.74, 6) is 1.95. The highest BCUT2D eigenvalue weighted by Gasteiger charge is 2.58. The Balaban J connectivity index is 1.93. The maximum Gasteiger partial charge on any atom is 0.0391 e. The predicted octanol–water partition coefficient (Wildman–Crippen LogP) is 1.60. The number of rotatable bonds is 1. The molecule has 0 aromatic carbocycles. The highest BCUT2D eigenvalue weighted by atomic mass is 15.3. The minimum absolute atomic E-state index is 0.442. The average molecular weight is 194 g/mol. The quantitative estimate of drug-likeness (QED) is 0.687. The summed E-state index contributed by atoms with van der Waals surface area (Å²) in [6.07, 6.45) is 7.06. The fourth-order valence-electron chi connectivity index (χ4n) is 4.62. The molecule has 2 heteroatoms. The molecule has 2 saturated carbocycles. The molecule has 80 valence electrons. The van der Waals surface area contributed by atoms with E-state index in [-0.39, 0.29) is 0 Å². The zero-order chi connectivity index (χ0) is 9.76. The second-order valence-electron chi connectivity index (χ2n) is 5.55. The Hall–Kier alpha value is -0.0800. The van der Waals surface area contributed by atoms with Crippen LogP contribution in [0.5, 0.6) is 0 Å². The zero-order valence-corrected chi connectivity index (χ0v) is 9.21. The van der Waals surface area contributed by atoms with Crippen LogP contribution >= 0.6 is 0 Å². The van der Waals surface area contributed by atoms with E-state index < -0.39 is 0 Å². The van der Waals surface area contributed by atoms with Gasteiger partial charge in [-0.3, -0.25) is 4.90 Å². The summed E-state index contributed by atoms with van der Waals surface area (Å²) in [6, 6.07) is 0.470. The van der Waals surface area contributed by atoms with Gasteiger partial charge in [0.25, 0.3) is 0 Å². The molecule has 1 heterocycles. The summed E-state index contributed by atoms with van der Waals surface area (Å²) in [5, 5.41) is 0. The molecule has 3 rings (SSSR count). The van der Waals surface area contributed by atoms with Crippen LogP contribution in [0.2, 0.25) is 0 Å². The Morgan fingerprint density at radius 3 is 2.79 bits per heavy atom.